The Morgan fingerprint density at radius 3 is 2.70 bits per heavy atom. The smallest absolute Gasteiger partial charge is 0.337 e. The van der Waals surface area contributed by atoms with E-state index in [1.54, 1.807) is 6.07 Å². The Hall–Kier alpha value is -2.57. The van der Waals surface area contributed by atoms with Crippen LogP contribution in [0.4, 0.5) is 11.4 Å². The molecular weight excluding hydrogens is 262 g/mol. The van der Waals surface area contributed by atoms with E-state index in [0.717, 1.165) is 4.90 Å². The maximum Gasteiger partial charge on any atom is 0.337 e. The Balaban J connectivity index is 2.23. The van der Waals surface area contributed by atoms with Gasteiger partial charge in [-0.2, -0.15) is 0 Å². The highest BCUT2D eigenvalue weighted by atomic mass is 16.5. The van der Waals surface area contributed by atoms with Gasteiger partial charge in [0.1, 0.15) is 6.04 Å². The molecule has 0 radical (unpaired) electrons. The van der Waals surface area contributed by atoms with Gasteiger partial charge in [0.05, 0.1) is 30.5 Å². The van der Waals surface area contributed by atoms with Crippen LogP contribution < -0.4 is 11.1 Å². The Labute approximate surface area is 115 Å². The minimum Gasteiger partial charge on any atom is -0.465 e. The van der Waals surface area contributed by atoms with E-state index in [1.807, 2.05) is 0 Å². The summed E-state index contributed by atoms with van der Waals surface area (Å²) in [6.07, 6.45) is 0.0667. The SMILES string of the molecule is COC(=O)c1ccc(N)c(NC2CC(=O)N(C)C2=O)c1. The van der Waals surface area contributed by atoms with Crippen molar-refractivity contribution in [2.24, 2.45) is 0 Å². The highest BCUT2D eigenvalue weighted by Gasteiger charge is 2.36. The van der Waals surface area contributed by atoms with E-state index < -0.39 is 12.0 Å². The van der Waals surface area contributed by atoms with Crippen molar-refractivity contribution in [3.05, 3.63) is 23.8 Å². The Morgan fingerprint density at radius 1 is 1.45 bits per heavy atom. The lowest BCUT2D eigenvalue weighted by molar-refractivity contribution is -0.136. The lowest BCUT2D eigenvalue weighted by Crippen LogP contribution is -2.32. The molecule has 1 fully saturated rings. The third-order valence-corrected chi connectivity index (χ3v) is 3.19. The Kier molecular flexibility index (Phi) is 3.60. The van der Waals surface area contributed by atoms with Crippen LogP contribution in [0.3, 0.4) is 0 Å². The number of hydrogen-bond acceptors (Lipinski definition) is 6. The molecule has 1 aromatic carbocycles. The minimum absolute atomic E-state index is 0.0667. The van der Waals surface area contributed by atoms with Gasteiger partial charge in [0, 0.05) is 7.05 Å². The number of benzene rings is 1. The third-order valence-electron chi connectivity index (χ3n) is 3.19. The second-order valence-corrected chi connectivity index (χ2v) is 4.49. The number of esters is 1. The van der Waals surface area contributed by atoms with E-state index in [9.17, 15) is 14.4 Å². The predicted molar refractivity (Wildman–Crippen MR) is 72.0 cm³/mol. The number of nitrogen functional groups attached to an aromatic ring is 1. The van der Waals surface area contributed by atoms with E-state index in [0.29, 0.717) is 16.9 Å². The first-order valence-electron chi connectivity index (χ1n) is 5.99. The minimum atomic E-state index is -0.664. The van der Waals surface area contributed by atoms with Crippen LogP contribution in [0.5, 0.6) is 0 Å². The van der Waals surface area contributed by atoms with Crippen molar-refractivity contribution in [3.63, 3.8) is 0 Å². The van der Waals surface area contributed by atoms with Gasteiger partial charge in [-0.15, -0.1) is 0 Å². The summed E-state index contributed by atoms with van der Waals surface area (Å²) < 4.78 is 4.62. The summed E-state index contributed by atoms with van der Waals surface area (Å²) in [5, 5.41) is 2.89. The fourth-order valence-corrected chi connectivity index (χ4v) is 1.98. The lowest BCUT2D eigenvalue weighted by atomic mass is 10.1. The molecule has 106 valence electrons. The number of likely N-dealkylation sites (N-methyl/N-ethyl adjacent to an activating group) is 1. The number of nitrogens with zero attached hydrogens (tertiary/aromatic N) is 1. The average Bonchev–Trinajstić information content (AvgIpc) is 2.68. The number of rotatable bonds is 3. The van der Waals surface area contributed by atoms with Crippen LogP contribution in [0.1, 0.15) is 16.8 Å². The fourth-order valence-electron chi connectivity index (χ4n) is 1.98. The molecule has 20 heavy (non-hydrogen) atoms. The second kappa shape index (κ2) is 5.20. The summed E-state index contributed by atoms with van der Waals surface area (Å²) >= 11 is 0. The number of anilines is 2. The number of carbonyl (C=O) groups excluding carboxylic acids is 3. The number of carbonyl (C=O) groups is 3. The van der Waals surface area contributed by atoms with Crippen LogP contribution in [0.2, 0.25) is 0 Å². The molecule has 3 N–H and O–H groups in total. The average molecular weight is 277 g/mol. The Morgan fingerprint density at radius 2 is 2.15 bits per heavy atom. The van der Waals surface area contributed by atoms with Crippen molar-refractivity contribution in [3.8, 4) is 0 Å². The number of nitrogens with one attached hydrogen (secondary N) is 1. The summed E-state index contributed by atoms with van der Waals surface area (Å²) in [5.41, 5.74) is 6.92. The molecule has 1 aromatic rings. The quantitative estimate of drug-likeness (QED) is 0.465. The van der Waals surface area contributed by atoms with E-state index in [2.05, 4.69) is 10.1 Å². The zero-order valence-electron chi connectivity index (χ0n) is 11.2. The molecule has 0 saturated carbocycles. The van der Waals surface area contributed by atoms with Gasteiger partial charge < -0.3 is 15.8 Å². The molecule has 7 heteroatoms. The molecular formula is C13H15N3O4. The number of ether oxygens (including phenoxy) is 1. The molecule has 1 aliphatic heterocycles. The summed E-state index contributed by atoms with van der Waals surface area (Å²) in [5.74, 6) is -1.08. The van der Waals surface area contributed by atoms with Crippen molar-refractivity contribution >= 4 is 29.2 Å². The first-order chi connectivity index (χ1) is 9.43. The molecule has 1 saturated heterocycles. The molecule has 2 amide bonds. The highest BCUT2D eigenvalue weighted by molar-refractivity contribution is 6.06. The molecule has 0 aromatic heterocycles. The molecule has 0 aliphatic carbocycles. The molecule has 7 nitrogen and oxygen atoms in total. The first kappa shape index (κ1) is 13.9. The lowest BCUT2D eigenvalue weighted by Gasteiger charge is -2.15. The molecule has 2 rings (SSSR count). The predicted octanol–water partition coefficient (Wildman–Crippen LogP) is 0.225. The van der Waals surface area contributed by atoms with Crippen LogP contribution in [-0.4, -0.2) is 42.9 Å². The topological polar surface area (TPSA) is 102 Å². The molecule has 1 heterocycles. The van der Waals surface area contributed by atoms with E-state index in [-0.39, 0.29) is 18.2 Å². The Bertz CT molecular complexity index is 585. The van der Waals surface area contributed by atoms with Gasteiger partial charge >= 0.3 is 5.97 Å². The van der Waals surface area contributed by atoms with Crippen LogP contribution in [0.25, 0.3) is 0 Å². The van der Waals surface area contributed by atoms with E-state index >= 15 is 0 Å². The number of nitrogens with two attached hydrogens (primary N) is 1. The fraction of sp³-hybridized carbons (Fsp3) is 0.308. The highest BCUT2D eigenvalue weighted by Crippen LogP contribution is 2.24. The largest absolute Gasteiger partial charge is 0.465 e. The van der Waals surface area contributed by atoms with Crippen molar-refractivity contribution in [1.82, 2.24) is 4.90 Å². The summed E-state index contributed by atoms with van der Waals surface area (Å²) in [7, 11) is 2.71. The summed E-state index contributed by atoms with van der Waals surface area (Å²) in [6.45, 7) is 0. The number of hydrogen-bond donors (Lipinski definition) is 2. The third kappa shape index (κ3) is 2.42. The number of amides is 2. The number of imide groups is 1. The van der Waals surface area contributed by atoms with E-state index in [4.69, 9.17) is 5.73 Å². The number of methoxy groups -OCH3 is 1. The zero-order valence-corrected chi connectivity index (χ0v) is 11.2. The second-order valence-electron chi connectivity index (χ2n) is 4.49. The van der Waals surface area contributed by atoms with Crippen molar-refractivity contribution < 1.29 is 19.1 Å². The van der Waals surface area contributed by atoms with Crippen LogP contribution >= 0.6 is 0 Å². The van der Waals surface area contributed by atoms with Gasteiger partial charge in [0.15, 0.2) is 0 Å². The van der Waals surface area contributed by atoms with Crippen molar-refractivity contribution in [2.45, 2.75) is 12.5 Å². The van der Waals surface area contributed by atoms with Gasteiger partial charge in [-0.05, 0) is 18.2 Å². The van der Waals surface area contributed by atoms with Crippen LogP contribution in [-0.2, 0) is 14.3 Å². The molecule has 0 spiro atoms. The molecule has 1 unspecified atom stereocenters. The van der Waals surface area contributed by atoms with Gasteiger partial charge in [-0.1, -0.05) is 0 Å². The summed E-state index contributed by atoms with van der Waals surface area (Å²) in [4.78, 5) is 35.8. The molecule has 0 bridgehead atoms. The monoisotopic (exact) mass is 277 g/mol. The van der Waals surface area contributed by atoms with Crippen LogP contribution in [0, 0.1) is 0 Å². The van der Waals surface area contributed by atoms with Gasteiger partial charge in [0.25, 0.3) is 5.91 Å². The normalized spacial score (nSPS) is 18.3. The zero-order chi connectivity index (χ0) is 14.9. The number of likely N-dealkylation sites (tertiary alicyclic amines) is 1. The van der Waals surface area contributed by atoms with Crippen molar-refractivity contribution in [2.75, 3.05) is 25.2 Å². The standard InChI is InChI=1S/C13H15N3O4/c1-16-11(17)6-10(12(16)18)15-9-5-7(13(19)20-2)3-4-8(9)14/h3-5,10,15H,6,14H2,1-2H3. The summed E-state index contributed by atoms with van der Waals surface area (Å²) in [6, 6.07) is 3.90. The molecule has 1 aliphatic rings. The van der Waals surface area contributed by atoms with Gasteiger partial charge in [-0.3, -0.25) is 14.5 Å². The maximum atomic E-state index is 11.8. The van der Waals surface area contributed by atoms with Crippen LogP contribution in [0.15, 0.2) is 18.2 Å². The first-order valence-corrected chi connectivity index (χ1v) is 5.99. The van der Waals surface area contributed by atoms with Crippen molar-refractivity contribution in [1.29, 1.82) is 0 Å². The van der Waals surface area contributed by atoms with Gasteiger partial charge in [0.2, 0.25) is 5.91 Å². The van der Waals surface area contributed by atoms with Gasteiger partial charge in [-0.25, -0.2) is 4.79 Å². The maximum absolute atomic E-state index is 11.8. The molecule has 1 atom stereocenters. The van der Waals surface area contributed by atoms with E-state index in [1.165, 1.54) is 26.3 Å².